The third-order valence-corrected chi connectivity index (χ3v) is 4.86. The quantitative estimate of drug-likeness (QED) is 0.226. The first-order valence-electron chi connectivity index (χ1n) is 9.57. The van der Waals surface area contributed by atoms with Crippen molar-refractivity contribution in [3.05, 3.63) is 0 Å². The van der Waals surface area contributed by atoms with Crippen molar-refractivity contribution in [2.24, 2.45) is 21.5 Å². The van der Waals surface area contributed by atoms with Crippen molar-refractivity contribution in [1.29, 1.82) is 0 Å². The van der Waals surface area contributed by atoms with Crippen LogP contribution < -0.4 is 16.8 Å². The van der Waals surface area contributed by atoms with Crippen molar-refractivity contribution in [2.45, 2.75) is 62.8 Å². The van der Waals surface area contributed by atoms with Crippen molar-refractivity contribution >= 4 is 23.7 Å². The Morgan fingerprint density at radius 1 is 1.18 bits per heavy atom. The van der Waals surface area contributed by atoms with Crippen LogP contribution in [0.5, 0.6) is 0 Å². The van der Waals surface area contributed by atoms with E-state index < -0.39 is 30.1 Å². The molecule has 0 saturated carbocycles. The number of amidine groups is 1. The first-order valence-corrected chi connectivity index (χ1v) is 9.57. The lowest BCUT2D eigenvalue weighted by Crippen LogP contribution is -2.52. The van der Waals surface area contributed by atoms with E-state index >= 15 is 0 Å². The predicted molar refractivity (Wildman–Crippen MR) is 103 cm³/mol. The molecule has 4 atom stereocenters. The topological polar surface area (TPSA) is 187 Å². The summed E-state index contributed by atoms with van der Waals surface area (Å²) in [7, 11) is 0. The molecule has 0 radical (unpaired) electrons. The van der Waals surface area contributed by atoms with Gasteiger partial charge in [0.15, 0.2) is 0 Å². The van der Waals surface area contributed by atoms with Crippen LogP contribution in [0.2, 0.25) is 0 Å². The summed E-state index contributed by atoms with van der Waals surface area (Å²) in [6, 6.07) is -1.84. The highest BCUT2D eigenvalue weighted by Crippen LogP contribution is 2.19. The van der Waals surface area contributed by atoms with E-state index in [1.165, 1.54) is 0 Å². The molecule has 2 unspecified atom stereocenters. The van der Waals surface area contributed by atoms with Gasteiger partial charge in [-0.3, -0.25) is 14.6 Å². The number of carboxylic acids is 2. The van der Waals surface area contributed by atoms with E-state index in [1.54, 1.807) is 0 Å². The maximum atomic E-state index is 10.8. The van der Waals surface area contributed by atoms with Gasteiger partial charge in [0, 0.05) is 26.1 Å². The second-order valence-electron chi connectivity index (χ2n) is 7.24. The zero-order valence-corrected chi connectivity index (χ0v) is 15.8. The van der Waals surface area contributed by atoms with Gasteiger partial charge in [-0.05, 0) is 32.1 Å². The molecule has 0 aromatic heterocycles. The summed E-state index contributed by atoms with van der Waals surface area (Å²) in [4.78, 5) is 32.3. The summed E-state index contributed by atoms with van der Waals surface area (Å²) in [6.07, 6.45) is 2.79. The average molecular weight is 398 g/mol. The Balaban J connectivity index is 1.84. The number of unbranched alkanes of at least 4 members (excludes halogenated alkanes) is 1. The molecule has 2 heterocycles. The molecule has 0 aromatic carbocycles. The number of guanidine groups is 1. The van der Waals surface area contributed by atoms with E-state index in [0.29, 0.717) is 57.7 Å². The molecule has 0 aliphatic carbocycles. The van der Waals surface area contributed by atoms with Gasteiger partial charge in [-0.2, -0.15) is 4.99 Å². The summed E-state index contributed by atoms with van der Waals surface area (Å²) in [5, 5.41) is 30.9. The molecule has 1 saturated heterocycles. The normalized spacial score (nSPS) is 25.0. The number of aliphatic carboxylic acids is 2. The highest BCUT2D eigenvalue weighted by atomic mass is 16.4. The average Bonchev–Trinajstić information content (AvgIpc) is 3.04. The number of aliphatic hydroxyl groups is 1. The van der Waals surface area contributed by atoms with Crippen molar-refractivity contribution < 1.29 is 24.9 Å². The zero-order chi connectivity index (χ0) is 20.7. The summed E-state index contributed by atoms with van der Waals surface area (Å²) >= 11 is 0. The summed E-state index contributed by atoms with van der Waals surface area (Å²) in [5.74, 6) is -0.709. The van der Waals surface area contributed by atoms with Gasteiger partial charge in [0.1, 0.15) is 17.9 Å². The minimum absolute atomic E-state index is 0.106. The van der Waals surface area contributed by atoms with Gasteiger partial charge in [-0.25, -0.2) is 0 Å². The van der Waals surface area contributed by atoms with E-state index in [1.807, 2.05) is 4.90 Å². The molecule has 28 heavy (non-hydrogen) atoms. The molecule has 2 aliphatic rings. The number of aliphatic imine (C=N–C) groups is 2. The first kappa shape index (κ1) is 22.1. The van der Waals surface area contributed by atoms with Gasteiger partial charge in [-0.15, -0.1) is 0 Å². The van der Waals surface area contributed by atoms with Crippen LogP contribution in [-0.4, -0.2) is 87.8 Å². The molecule has 0 aromatic rings. The third kappa shape index (κ3) is 6.43. The number of hydrogen-bond donors (Lipinski definition) is 6. The molecule has 2 aliphatic heterocycles. The lowest BCUT2D eigenvalue weighted by Gasteiger charge is -2.35. The molecule has 0 amide bonds. The number of nitrogens with one attached hydrogen (secondary N) is 1. The van der Waals surface area contributed by atoms with Gasteiger partial charge in [0.05, 0.1) is 12.1 Å². The fourth-order valence-electron chi connectivity index (χ4n) is 3.29. The monoisotopic (exact) mass is 398 g/mol. The van der Waals surface area contributed by atoms with Crippen LogP contribution in [0.3, 0.4) is 0 Å². The number of likely N-dealkylation sites (tertiary alicyclic amines) is 1. The Labute approximate surface area is 163 Å². The molecule has 11 nitrogen and oxygen atoms in total. The zero-order valence-electron chi connectivity index (χ0n) is 15.8. The first-order chi connectivity index (χ1) is 13.3. The molecule has 0 bridgehead atoms. The number of nitrogens with two attached hydrogens (primary N) is 2. The minimum Gasteiger partial charge on any atom is -0.480 e. The SMILES string of the molecule is NC(CCCCN1C[C@H](O)C[C@H]2NC(=NCCCC(N)C(=O)O)N=C21)C(=O)O. The van der Waals surface area contributed by atoms with Crippen molar-refractivity contribution in [3.63, 3.8) is 0 Å². The highest BCUT2D eigenvalue weighted by Gasteiger charge is 2.35. The van der Waals surface area contributed by atoms with Crippen molar-refractivity contribution in [1.82, 2.24) is 10.2 Å². The van der Waals surface area contributed by atoms with Crippen LogP contribution in [0.4, 0.5) is 0 Å². The van der Waals surface area contributed by atoms with Gasteiger partial charge in [0.2, 0.25) is 5.96 Å². The number of fused-ring (bicyclic) bond motifs is 1. The van der Waals surface area contributed by atoms with Crippen LogP contribution in [0.15, 0.2) is 9.98 Å². The fourth-order valence-corrected chi connectivity index (χ4v) is 3.29. The van der Waals surface area contributed by atoms with Crippen molar-refractivity contribution in [2.75, 3.05) is 19.6 Å². The Bertz CT molecular complexity index is 625. The van der Waals surface area contributed by atoms with Crippen molar-refractivity contribution in [3.8, 4) is 0 Å². The Hall–Kier alpha value is -2.24. The number of rotatable bonds is 11. The predicted octanol–water partition coefficient (Wildman–Crippen LogP) is -1.45. The number of carboxylic acid groups (broad SMARTS) is 2. The van der Waals surface area contributed by atoms with Crippen LogP contribution in [-0.2, 0) is 9.59 Å². The maximum absolute atomic E-state index is 10.8. The lowest BCUT2D eigenvalue weighted by molar-refractivity contribution is -0.139. The molecule has 2 rings (SSSR count). The second-order valence-corrected chi connectivity index (χ2v) is 7.24. The maximum Gasteiger partial charge on any atom is 0.320 e. The minimum atomic E-state index is -1.02. The number of β-amino-alcohol motifs (C(OH)–C–C–N with tert-alkyl or cyclic N) is 1. The van der Waals surface area contributed by atoms with Gasteiger partial charge in [0.25, 0.3) is 0 Å². The Morgan fingerprint density at radius 3 is 2.46 bits per heavy atom. The number of piperidine rings is 1. The molecular formula is C17H30N6O5. The van der Waals surface area contributed by atoms with E-state index in [0.717, 1.165) is 12.3 Å². The summed E-state index contributed by atoms with van der Waals surface area (Å²) in [5.41, 5.74) is 11.0. The summed E-state index contributed by atoms with van der Waals surface area (Å²) < 4.78 is 0. The molecule has 8 N–H and O–H groups in total. The van der Waals surface area contributed by atoms with E-state index in [2.05, 4.69) is 15.3 Å². The number of nitrogens with zero attached hydrogens (tertiary/aromatic N) is 3. The Morgan fingerprint density at radius 2 is 1.82 bits per heavy atom. The van der Waals surface area contributed by atoms with E-state index in [-0.39, 0.29) is 6.04 Å². The summed E-state index contributed by atoms with van der Waals surface area (Å²) in [6.45, 7) is 1.55. The molecule has 0 spiro atoms. The largest absolute Gasteiger partial charge is 0.480 e. The van der Waals surface area contributed by atoms with E-state index in [9.17, 15) is 14.7 Å². The van der Waals surface area contributed by atoms with Crippen LogP contribution >= 0.6 is 0 Å². The molecule has 158 valence electrons. The standard InChI is InChI=1S/C17H30N6O5/c18-11(15(25)26)4-1-2-7-23-9-10(24)8-13-14(23)22-17(21-13)20-6-3-5-12(19)16(27)28/h10-13,24H,1-9,18-19H2,(H,20,21)(H,25,26)(H,27,28)/t10-,11?,12?,13-/m1/s1. The van der Waals surface area contributed by atoms with Gasteiger partial charge in [-0.1, -0.05) is 0 Å². The van der Waals surface area contributed by atoms with Crippen LogP contribution in [0.25, 0.3) is 0 Å². The highest BCUT2D eigenvalue weighted by molar-refractivity contribution is 6.06. The molecule has 1 fully saturated rings. The number of hydrogen-bond acceptors (Lipinski definition) is 7. The Kier molecular flexibility index (Phi) is 8.15. The van der Waals surface area contributed by atoms with Gasteiger partial charge < -0.3 is 37.0 Å². The van der Waals surface area contributed by atoms with Crippen LogP contribution in [0, 0.1) is 0 Å². The van der Waals surface area contributed by atoms with Crippen LogP contribution in [0.1, 0.15) is 38.5 Å². The van der Waals surface area contributed by atoms with E-state index in [4.69, 9.17) is 21.7 Å². The fraction of sp³-hybridized carbons (Fsp3) is 0.765. The third-order valence-electron chi connectivity index (χ3n) is 4.86. The second kappa shape index (κ2) is 10.3. The number of aliphatic hydroxyl groups excluding tert-OH is 1. The number of carbonyl (C=O) groups is 2. The lowest BCUT2D eigenvalue weighted by atomic mass is 10.0. The smallest absolute Gasteiger partial charge is 0.320 e. The molecular weight excluding hydrogens is 368 g/mol. The van der Waals surface area contributed by atoms with Gasteiger partial charge >= 0.3 is 11.9 Å². The molecule has 11 heteroatoms.